The molecular weight excluding hydrogens is 891 g/mol. The molecule has 70 heavy (non-hydrogen) atoms. The highest BCUT2D eigenvalue weighted by Gasteiger charge is 2.39. The van der Waals surface area contributed by atoms with Gasteiger partial charge in [0.25, 0.3) is 11.8 Å². The van der Waals surface area contributed by atoms with Gasteiger partial charge in [-0.2, -0.15) is 0 Å². The summed E-state index contributed by atoms with van der Waals surface area (Å²) in [5.41, 5.74) is 8.80. The van der Waals surface area contributed by atoms with Crippen LogP contribution in [0.3, 0.4) is 0 Å². The lowest BCUT2D eigenvalue weighted by Gasteiger charge is -2.26. The van der Waals surface area contributed by atoms with Gasteiger partial charge in [-0.05, 0) is 77.6 Å². The van der Waals surface area contributed by atoms with E-state index in [9.17, 15) is 14.4 Å². The molecule has 0 aromatic heterocycles. The van der Waals surface area contributed by atoms with E-state index in [1.165, 1.54) is 0 Å². The summed E-state index contributed by atoms with van der Waals surface area (Å²) in [7, 11) is 4.77. The third-order valence-electron chi connectivity index (χ3n) is 13.3. The number of rotatable bonds is 23. The Labute approximate surface area is 409 Å². The van der Waals surface area contributed by atoms with Gasteiger partial charge < -0.3 is 48.3 Å². The van der Waals surface area contributed by atoms with Crippen LogP contribution in [-0.4, -0.2) is 110 Å². The van der Waals surface area contributed by atoms with Crippen LogP contribution in [0.25, 0.3) is 0 Å². The van der Waals surface area contributed by atoms with Gasteiger partial charge in [0, 0.05) is 81.4 Å². The molecule has 0 fully saturated rings. The van der Waals surface area contributed by atoms with E-state index in [-0.39, 0.29) is 42.9 Å². The molecule has 0 unspecified atom stereocenters. The van der Waals surface area contributed by atoms with Crippen LogP contribution in [0.15, 0.2) is 96.0 Å². The second kappa shape index (κ2) is 22.2. The number of para-hydroxylation sites is 2. The van der Waals surface area contributed by atoms with Crippen molar-refractivity contribution in [2.75, 3.05) is 94.0 Å². The Balaban J connectivity index is 0.987. The normalized spacial score (nSPS) is 16.2. The van der Waals surface area contributed by atoms with Gasteiger partial charge >= 0.3 is 0 Å². The zero-order chi connectivity index (χ0) is 48.6. The number of nitrogens with one attached hydrogen (secondary N) is 1. The lowest BCUT2D eigenvalue weighted by atomic mass is 10.1. The maximum Gasteiger partial charge on any atom is 0.261 e. The van der Waals surface area contributed by atoms with Gasteiger partial charge in [0.15, 0.2) is 23.0 Å². The summed E-state index contributed by atoms with van der Waals surface area (Å²) in [5, 5.41) is 3.53. The fourth-order valence-electron chi connectivity index (χ4n) is 9.67. The number of aliphatic imine (C=N–C) groups is 1. The predicted molar refractivity (Wildman–Crippen MR) is 269 cm³/mol. The van der Waals surface area contributed by atoms with E-state index in [2.05, 4.69) is 28.4 Å². The smallest absolute Gasteiger partial charge is 0.261 e. The Kier molecular flexibility index (Phi) is 15.3. The van der Waals surface area contributed by atoms with E-state index in [0.717, 1.165) is 45.7 Å². The first-order valence-electron chi connectivity index (χ1n) is 24.1. The third-order valence-corrected chi connectivity index (χ3v) is 13.3. The quantitative estimate of drug-likeness (QED) is 0.0627. The molecule has 4 heterocycles. The number of amides is 2. The van der Waals surface area contributed by atoms with Crippen LogP contribution in [0.4, 0.5) is 28.4 Å². The Morgan fingerprint density at radius 3 is 2.03 bits per heavy atom. The number of methoxy groups -OCH3 is 3. The van der Waals surface area contributed by atoms with E-state index in [1.807, 2.05) is 77.5 Å². The minimum Gasteiger partial charge on any atom is -0.493 e. The predicted octanol–water partition coefficient (Wildman–Crippen LogP) is 8.39. The first kappa shape index (κ1) is 48.1. The van der Waals surface area contributed by atoms with Crippen molar-refractivity contribution in [2.45, 2.75) is 64.3 Å². The Hall–Kier alpha value is -6.94. The Morgan fingerprint density at radius 1 is 0.700 bits per heavy atom. The van der Waals surface area contributed by atoms with Crippen molar-refractivity contribution in [3.63, 3.8) is 0 Å². The van der Waals surface area contributed by atoms with Crippen molar-refractivity contribution in [3.8, 4) is 23.0 Å². The van der Waals surface area contributed by atoms with Gasteiger partial charge in [0.1, 0.15) is 19.0 Å². The van der Waals surface area contributed by atoms with Crippen LogP contribution in [-0.2, 0) is 45.1 Å². The van der Waals surface area contributed by atoms with Gasteiger partial charge in [-0.15, -0.1) is 0 Å². The molecule has 2 atom stereocenters. The molecule has 366 valence electrons. The van der Waals surface area contributed by atoms with Crippen LogP contribution in [0.2, 0.25) is 0 Å². The summed E-state index contributed by atoms with van der Waals surface area (Å²) < 4.78 is 41.6. The number of ketones is 1. The number of hydrogen-bond acceptors (Lipinski definition) is 13. The topological polar surface area (TPSA) is 150 Å². The van der Waals surface area contributed by atoms with E-state index >= 15 is 0 Å². The maximum atomic E-state index is 14.2. The first-order valence-corrected chi connectivity index (χ1v) is 24.1. The van der Waals surface area contributed by atoms with Crippen molar-refractivity contribution < 1.29 is 47.5 Å². The van der Waals surface area contributed by atoms with Crippen molar-refractivity contribution in [2.24, 2.45) is 4.99 Å². The number of benzene rings is 5. The number of anilines is 4. The van der Waals surface area contributed by atoms with Crippen LogP contribution < -0.4 is 39.0 Å². The van der Waals surface area contributed by atoms with Gasteiger partial charge in [-0.3, -0.25) is 24.3 Å². The minimum absolute atomic E-state index is 0.0180. The first-order chi connectivity index (χ1) is 34.3. The fraction of sp³-hybridized carbons (Fsp3) is 0.382. The SMILES string of the molecule is CCC(=O)CCCN(CCOCCOCCOC)c1cc(COc2cc3c(cc2OC)C(=O)N2c4ccccc4C[C@H]2C=N3)cc(COc2cc3c(cc2OC)C(=O)N2c4ccccc4C[C@H]2CN3)c1. The van der Waals surface area contributed by atoms with Crippen LogP contribution >= 0.6 is 0 Å². The van der Waals surface area contributed by atoms with E-state index in [1.54, 1.807) is 39.5 Å². The highest BCUT2D eigenvalue weighted by Crippen LogP contribution is 2.43. The molecule has 4 aliphatic heterocycles. The number of nitrogens with zero attached hydrogens (tertiary/aromatic N) is 4. The van der Waals surface area contributed by atoms with Crippen molar-refractivity contribution in [3.05, 3.63) is 124 Å². The molecule has 0 saturated carbocycles. The molecule has 5 aromatic rings. The molecule has 5 aromatic carbocycles. The van der Waals surface area contributed by atoms with Crippen LogP contribution in [0.5, 0.6) is 23.0 Å². The zero-order valence-electron chi connectivity index (χ0n) is 40.4. The lowest BCUT2D eigenvalue weighted by molar-refractivity contribution is -0.118. The summed E-state index contributed by atoms with van der Waals surface area (Å²) >= 11 is 0. The van der Waals surface area contributed by atoms with Crippen LogP contribution in [0, 0.1) is 0 Å². The molecule has 0 aliphatic carbocycles. The average molecular weight is 952 g/mol. The molecule has 15 nitrogen and oxygen atoms in total. The zero-order valence-corrected chi connectivity index (χ0v) is 40.4. The van der Waals surface area contributed by atoms with Gasteiger partial charge in [-0.25, -0.2) is 0 Å². The highest BCUT2D eigenvalue weighted by atomic mass is 16.5. The minimum atomic E-state index is -0.195. The number of fused-ring (bicyclic) bond motifs is 8. The highest BCUT2D eigenvalue weighted by molar-refractivity contribution is 6.15. The number of carbonyl (C=O) groups is 3. The lowest BCUT2D eigenvalue weighted by Crippen LogP contribution is -2.39. The Bertz CT molecular complexity index is 2740. The van der Waals surface area contributed by atoms with Gasteiger partial charge in [0.2, 0.25) is 0 Å². The van der Waals surface area contributed by atoms with Crippen LogP contribution in [0.1, 0.15) is 69.2 Å². The number of Topliss-reactive ketones (excluding diaryl/α,β-unsaturated/α-hetero) is 1. The van der Waals surface area contributed by atoms with E-state index in [0.29, 0.717) is 124 Å². The number of ether oxygens (including phenoxy) is 7. The van der Waals surface area contributed by atoms with Crippen molar-refractivity contribution >= 4 is 52.2 Å². The molecule has 0 spiro atoms. The van der Waals surface area contributed by atoms with Crippen molar-refractivity contribution in [1.82, 2.24) is 0 Å². The van der Waals surface area contributed by atoms with E-state index < -0.39 is 0 Å². The van der Waals surface area contributed by atoms with Crippen molar-refractivity contribution in [1.29, 1.82) is 0 Å². The monoisotopic (exact) mass is 951 g/mol. The number of hydrogen-bond donors (Lipinski definition) is 1. The second-order valence-electron chi connectivity index (χ2n) is 17.8. The second-order valence-corrected chi connectivity index (χ2v) is 17.8. The molecular formula is C55H61N5O10. The molecule has 0 radical (unpaired) electrons. The molecule has 0 bridgehead atoms. The standard InChI is InChI=1S/C55H61N5O10/c1-5-43(61)13-10-16-58(17-18-67-21-22-68-20-19-64-2)40-24-36(34-69-52-30-46-44(28-50(52)65-3)54(62)59-41(32-56-46)26-38-11-6-8-14-48(38)59)23-37(25-40)35-70-53-31-47-45(29-51(53)66-4)55(63)60-42(33-57-47)27-39-12-7-9-15-49(39)60/h6-9,11-12,14-15,23-25,28-32,41-42,57H,5,10,13,16-22,26-27,33-35H2,1-4H3/t41-,42-/m0/s1. The van der Waals surface area contributed by atoms with Gasteiger partial charge in [0.05, 0.1) is 81.8 Å². The summed E-state index contributed by atoms with van der Waals surface area (Å²) in [6, 6.07) is 29.1. The summed E-state index contributed by atoms with van der Waals surface area (Å²) in [6.07, 6.45) is 4.92. The average Bonchev–Trinajstić information content (AvgIpc) is 3.88. The molecule has 0 saturated heterocycles. The largest absolute Gasteiger partial charge is 0.493 e. The maximum absolute atomic E-state index is 14.2. The molecule has 2 amide bonds. The molecule has 15 heteroatoms. The molecule has 9 rings (SSSR count). The molecule has 4 aliphatic rings. The van der Waals surface area contributed by atoms with Gasteiger partial charge in [-0.1, -0.05) is 43.3 Å². The summed E-state index contributed by atoms with van der Waals surface area (Å²) in [4.78, 5) is 51.5. The fourth-order valence-corrected chi connectivity index (χ4v) is 9.67. The third kappa shape index (κ3) is 10.5. The molecule has 1 N–H and O–H groups in total. The number of carbonyl (C=O) groups excluding carboxylic acids is 3. The summed E-state index contributed by atoms with van der Waals surface area (Å²) in [6.45, 7) is 6.25. The Morgan fingerprint density at radius 2 is 1.33 bits per heavy atom. The van der Waals surface area contributed by atoms with E-state index in [4.69, 9.17) is 38.2 Å². The summed E-state index contributed by atoms with van der Waals surface area (Å²) in [5.74, 6) is 1.74.